The topological polar surface area (TPSA) is 55.4 Å². The summed E-state index contributed by atoms with van der Waals surface area (Å²) in [6.45, 7) is 5.34. The summed E-state index contributed by atoms with van der Waals surface area (Å²) in [7, 11) is -1.83. The van der Waals surface area contributed by atoms with E-state index in [4.69, 9.17) is 4.43 Å². The van der Waals surface area contributed by atoms with E-state index < -0.39 is 13.5 Å². The van der Waals surface area contributed by atoms with Crippen LogP contribution in [0.1, 0.15) is 6.92 Å². The molecule has 1 unspecified atom stereocenters. The number of carbonyl (C=O) groups is 2. The van der Waals surface area contributed by atoms with Crippen LogP contribution in [0.15, 0.2) is 0 Å². The van der Waals surface area contributed by atoms with E-state index >= 15 is 0 Å². The minimum absolute atomic E-state index is 0.191. The zero-order chi connectivity index (χ0) is 10.1. The van der Waals surface area contributed by atoms with Gasteiger partial charge in [-0.25, -0.2) is 0 Å². The Morgan fingerprint density at radius 3 is 2.77 bits per heavy atom. The normalized spacial score (nSPS) is 26.4. The van der Waals surface area contributed by atoms with Gasteiger partial charge in [0, 0.05) is 12.7 Å². The molecule has 6 heteroatoms. The van der Waals surface area contributed by atoms with Crippen LogP contribution in [-0.4, -0.2) is 31.1 Å². The smallest absolute Gasteiger partial charge is 0.316 e. The Morgan fingerprint density at radius 1 is 1.69 bits per heavy atom. The van der Waals surface area contributed by atoms with Crippen molar-refractivity contribution in [3.05, 3.63) is 0 Å². The van der Waals surface area contributed by atoms with Gasteiger partial charge < -0.3 is 9.74 Å². The standard InChI is InChI=1S/C7H13NO3SSi/c1-5(9)8-6-4-12-13(2,3)11-7(6)10/h6H,4H2,1-3H3,(H,8,9). The molecule has 0 saturated carbocycles. The van der Waals surface area contributed by atoms with Crippen LogP contribution in [0.25, 0.3) is 0 Å². The average molecular weight is 219 g/mol. The highest BCUT2D eigenvalue weighted by atomic mass is 32.4. The maximum atomic E-state index is 11.3. The summed E-state index contributed by atoms with van der Waals surface area (Å²) in [4.78, 5) is 22.0. The van der Waals surface area contributed by atoms with Crippen LogP contribution in [0.4, 0.5) is 0 Å². The van der Waals surface area contributed by atoms with Crippen LogP contribution in [-0.2, 0) is 14.0 Å². The molecule has 1 atom stereocenters. The molecule has 1 N–H and O–H groups in total. The van der Waals surface area contributed by atoms with Gasteiger partial charge in [0.2, 0.25) is 5.91 Å². The van der Waals surface area contributed by atoms with Crippen molar-refractivity contribution in [1.82, 2.24) is 5.32 Å². The molecule has 0 aromatic heterocycles. The Labute approximate surface area is 82.2 Å². The van der Waals surface area contributed by atoms with E-state index in [0.29, 0.717) is 5.75 Å². The van der Waals surface area contributed by atoms with Crippen molar-refractivity contribution < 1.29 is 14.0 Å². The van der Waals surface area contributed by atoms with E-state index in [1.54, 1.807) is 11.2 Å². The maximum absolute atomic E-state index is 11.3. The molecule has 4 nitrogen and oxygen atoms in total. The monoisotopic (exact) mass is 219 g/mol. The molecule has 0 spiro atoms. The second-order valence-corrected chi connectivity index (χ2v) is 10.8. The molecule has 0 radical (unpaired) electrons. The summed E-state index contributed by atoms with van der Waals surface area (Å²) in [6, 6.07) is -0.456. The van der Waals surface area contributed by atoms with Crippen molar-refractivity contribution in [2.75, 3.05) is 5.75 Å². The predicted molar refractivity (Wildman–Crippen MR) is 53.6 cm³/mol. The van der Waals surface area contributed by atoms with Crippen LogP contribution < -0.4 is 5.32 Å². The summed E-state index contributed by atoms with van der Waals surface area (Å²) in [6.07, 6.45) is 0. The van der Waals surface area contributed by atoms with E-state index in [9.17, 15) is 9.59 Å². The summed E-state index contributed by atoms with van der Waals surface area (Å²) in [5, 5.41) is 2.56. The van der Waals surface area contributed by atoms with Gasteiger partial charge in [0.1, 0.15) is 6.04 Å². The summed E-state index contributed by atoms with van der Waals surface area (Å²) >= 11 is 1.66. The van der Waals surface area contributed by atoms with E-state index in [1.165, 1.54) is 6.92 Å². The third-order valence-electron chi connectivity index (χ3n) is 1.61. The molecule has 0 aromatic rings. The zero-order valence-corrected chi connectivity index (χ0v) is 9.73. The highest BCUT2D eigenvalue weighted by Crippen LogP contribution is 2.27. The lowest BCUT2D eigenvalue weighted by molar-refractivity contribution is -0.139. The fourth-order valence-electron chi connectivity index (χ4n) is 1.04. The fourth-order valence-corrected chi connectivity index (χ4v) is 4.64. The maximum Gasteiger partial charge on any atom is 0.316 e. The quantitative estimate of drug-likeness (QED) is 0.652. The molecule has 0 bridgehead atoms. The van der Waals surface area contributed by atoms with Crippen molar-refractivity contribution in [1.29, 1.82) is 0 Å². The molecular formula is C7H13NO3SSi. The van der Waals surface area contributed by atoms with Gasteiger partial charge in [0.05, 0.1) is 0 Å². The molecule has 0 aromatic carbocycles. The first-order valence-electron chi connectivity index (χ1n) is 4.04. The van der Waals surface area contributed by atoms with Crippen molar-refractivity contribution >= 4 is 30.6 Å². The Hall–Kier alpha value is -0.493. The van der Waals surface area contributed by atoms with Crippen molar-refractivity contribution in [3.8, 4) is 0 Å². The average Bonchev–Trinajstić information content (AvgIpc) is 1.93. The van der Waals surface area contributed by atoms with Gasteiger partial charge in [0.25, 0.3) is 0 Å². The fraction of sp³-hybridized carbons (Fsp3) is 0.714. The van der Waals surface area contributed by atoms with Crippen molar-refractivity contribution in [2.45, 2.75) is 26.1 Å². The third kappa shape index (κ3) is 3.04. The third-order valence-corrected chi connectivity index (χ3v) is 6.33. The molecule has 13 heavy (non-hydrogen) atoms. The Balaban J connectivity index is 2.54. The second kappa shape index (κ2) is 3.71. The largest absolute Gasteiger partial charge is 0.508 e. The van der Waals surface area contributed by atoms with E-state index in [0.717, 1.165) is 0 Å². The molecule has 1 aliphatic heterocycles. The minimum Gasteiger partial charge on any atom is -0.508 e. The van der Waals surface area contributed by atoms with Crippen molar-refractivity contribution in [2.24, 2.45) is 0 Å². The van der Waals surface area contributed by atoms with Crippen molar-refractivity contribution in [3.63, 3.8) is 0 Å². The first-order valence-corrected chi connectivity index (χ1v) is 8.66. The molecule has 1 rings (SSSR count). The van der Waals surface area contributed by atoms with Gasteiger partial charge in [-0.1, -0.05) is 0 Å². The lowest BCUT2D eigenvalue weighted by Gasteiger charge is -2.31. The molecule has 1 saturated heterocycles. The van der Waals surface area contributed by atoms with E-state index in [2.05, 4.69) is 5.32 Å². The first kappa shape index (κ1) is 10.6. The minimum atomic E-state index is -1.83. The van der Waals surface area contributed by atoms with Gasteiger partial charge in [-0.15, -0.1) is 11.2 Å². The molecule has 0 aliphatic carbocycles. The van der Waals surface area contributed by atoms with Gasteiger partial charge in [-0.3, -0.25) is 9.59 Å². The van der Waals surface area contributed by atoms with Gasteiger partial charge >= 0.3 is 13.4 Å². The predicted octanol–water partition coefficient (Wildman–Crippen LogP) is 0.483. The van der Waals surface area contributed by atoms with Crippen LogP contribution in [0.2, 0.25) is 13.1 Å². The Kier molecular flexibility index (Phi) is 3.02. The molecular weight excluding hydrogens is 206 g/mol. The van der Waals surface area contributed by atoms with Crippen LogP contribution >= 0.6 is 11.2 Å². The Morgan fingerprint density at radius 2 is 2.31 bits per heavy atom. The molecule has 1 fully saturated rings. The second-order valence-electron chi connectivity index (χ2n) is 3.39. The van der Waals surface area contributed by atoms with Gasteiger partial charge in [-0.2, -0.15) is 0 Å². The van der Waals surface area contributed by atoms with E-state index in [1.807, 2.05) is 13.1 Å². The lowest BCUT2D eigenvalue weighted by Crippen LogP contribution is -2.51. The summed E-state index contributed by atoms with van der Waals surface area (Å²) in [5.41, 5.74) is 0. The number of nitrogens with one attached hydrogen (secondary N) is 1. The zero-order valence-electron chi connectivity index (χ0n) is 7.92. The van der Waals surface area contributed by atoms with Crippen LogP contribution in [0, 0.1) is 0 Å². The van der Waals surface area contributed by atoms with E-state index in [-0.39, 0.29) is 11.9 Å². The number of amides is 1. The van der Waals surface area contributed by atoms with Crippen LogP contribution in [0.5, 0.6) is 0 Å². The number of hydrogen-bond donors (Lipinski definition) is 1. The number of carbonyl (C=O) groups excluding carboxylic acids is 2. The van der Waals surface area contributed by atoms with Gasteiger partial charge in [0.15, 0.2) is 0 Å². The molecule has 1 aliphatic rings. The first-order chi connectivity index (χ1) is 5.91. The number of hydrogen-bond acceptors (Lipinski definition) is 4. The highest BCUT2D eigenvalue weighted by molar-refractivity contribution is 8.28. The lowest BCUT2D eigenvalue weighted by atomic mass is 10.3. The number of rotatable bonds is 1. The SMILES string of the molecule is CC(=O)NC1CS[Si](C)(C)OC1=O. The highest BCUT2D eigenvalue weighted by Gasteiger charge is 2.38. The van der Waals surface area contributed by atoms with Gasteiger partial charge in [-0.05, 0) is 13.1 Å². The summed E-state index contributed by atoms with van der Waals surface area (Å²) in [5.74, 6) is 0.159. The molecule has 74 valence electrons. The molecule has 1 heterocycles. The molecule has 1 amide bonds. The Bertz CT molecular complexity index is 244. The van der Waals surface area contributed by atoms with Crippen LogP contribution in [0.3, 0.4) is 0 Å². The summed E-state index contributed by atoms with van der Waals surface area (Å²) < 4.78 is 5.24.